The maximum absolute atomic E-state index is 5.98. The standard InChI is InChI=1S/C15H19ClN2OS/c16-11-6-7-13-14(10-11)20-15(18-13)17-8-9-19-12-4-2-1-3-5-12/h6-7,10,12H,1-5,8-9H2,(H,17,18). The Balaban J connectivity index is 1.47. The molecule has 1 aliphatic rings. The van der Waals surface area contributed by atoms with Crippen molar-refractivity contribution in [1.29, 1.82) is 0 Å². The molecule has 1 aliphatic carbocycles. The number of rotatable bonds is 5. The Morgan fingerprint density at radius 1 is 1.30 bits per heavy atom. The molecule has 0 radical (unpaired) electrons. The molecule has 1 heterocycles. The number of thiazole rings is 1. The molecule has 0 spiro atoms. The monoisotopic (exact) mass is 310 g/mol. The average molecular weight is 311 g/mol. The average Bonchev–Trinajstić information content (AvgIpc) is 2.86. The molecule has 1 N–H and O–H groups in total. The van der Waals surface area contributed by atoms with Crippen LogP contribution in [0.25, 0.3) is 10.2 Å². The summed E-state index contributed by atoms with van der Waals surface area (Å²) in [7, 11) is 0. The summed E-state index contributed by atoms with van der Waals surface area (Å²) < 4.78 is 7.01. The smallest absolute Gasteiger partial charge is 0.183 e. The van der Waals surface area contributed by atoms with Crippen LogP contribution in [0.1, 0.15) is 32.1 Å². The molecule has 0 saturated heterocycles. The third kappa shape index (κ3) is 3.62. The van der Waals surface area contributed by atoms with Crippen molar-refractivity contribution in [2.24, 2.45) is 0 Å². The molecule has 5 heteroatoms. The topological polar surface area (TPSA) is 34.2 Å². The van der Waals surface area contributed by atoms with Gasteiger partial charge in [0.25, 0.3) is 0 Å². The highest BCUT2D eigenvalue weighted by Gasteiger charge is 2.13. The van der Waals surface area contributed by atoms with Gasteiger partial charge in [-0.15, -0.1) is 0 Å². The number of nitrogens with zero attached hydrogens (tertiary/aromatic N) is 1. The summed E-state index contributed by atoms with van der Waals surface area (Å²) in [5.41, 5.74) is 0.995. The molecule has 1 fully saturated rings. The third-order valence-corrected chi connectivity index (χ3v) is 4.85. The van der Waals surface area contributed by atoms with E-state index in [1.165, 1.54) is 32.1 Å². The predicted molar refractivity (Wildman–Crippen MR) is 85.9 cm³/mol. The van der Waals surface area contributed by atoms with Gasteiger partial charge in [-0.3, -0.25) is 0 Å². The predicted octanol–water partition coefficient (Wildman–Crippen LogP) is 4.71. The lowest BCUT2D eigenvalue weighted by Crippen LogP contribution is -2.20. The maximum atomic E-state index is 5.98. The lowest BCUT2D eigenvalue weighted by Gasteiger charge is -2.21. The Kier molecular flexibility index (Phi) is 4.76. The largest absolute Gasteiger partial charge is 0.376 e. The molecule has 1 saturated carbocycles. The zero-order valence-electron chi connectivity index (χ0n) is 11.4. The first kappa shape index (κ1) is 14.1. The normalized spacial score (nSPS) is 16.6. The van der Waals surface area contributed by atoms with Crippen LogP contribution in [-0.4, -0.2) is 24.2 Å². The number of anilines is 1. The van der Waals surface area contributed by atoms with Crippen molar-refractivity contribution in [1.82, 2.24) is 4.98 Å². The first-order valence-corrected chi connectivity index (χ1v) is 8.42. The second-order valence-corrected chi connectivity index (χ2v) is 6.66. The summed E-state index contributed by atoms with van der Waals surface area (Å²) in [5, 5.41) is 5.03. The van der Waals surface area contributed by atoms with E-state index in [9.17, 15) is 0 Å². The Hall–Kier alpha value is -0.840. The van der Waals surface area contributed by atoms with Gasteiger partial charge in [-0.25, -0.2) is 4.98 Å². The van der Waals surface area contributed by atoms with Gasteiger partial charge < -0.3 is 10.1 Å². The van der Waals surface area contributed by atoms with E-state index in [2.05, 4.69) is 10.3 Å². The summed E-state index contributed by atoms with van der Waals surface area (Å²) in [6.07, 6.45) is 6.92. The van der Waals surface area contributed by atoms with Crippen LogP contribution in [0.4, 0.5) is 5.13 Å². The molecular formula is C15H19ClN2OS. The summed E-state index contributed by atoms with van der Waals surface area (Å²) >= 11 is 7.61. The van der Waals surface area contributed by atoms with Crippen molar-refractivity contribution < 1.29 is 4.74 Å². The zero-order chi connectivity index (χ0) is 13.8. The Morgan fingerprint density at radius 2 is 2.15 bits per heavy atom. The highest BCUT2D eigenvalue weighted by Crippen LogP contribution is 2.28. The van der Waals surface area contributed by atoms with Crippen molar-refractivity contribution in [3.8, 4) is 0 Å². The number of aromatic nitrogens is 1. The van der Waals surface area contributed by atoms with Gasteiger partial charge in [-0.05, 0) is 31.0 Å². The highest BCUT2D eigenvalue weighted by atomic mass is 35.5. The fourth-order valence-corrected chi connectivity index (χ4v) is 3.76. The SMILES string of the molecule is Clc1ccc2nc(NCCOC3CCCCC3)sc2c1. The van der Waals surface area contributed by atoms with Crippen molar-refractivity contribution in [2.75, 3.05) is 18.5 Å². The van der Waals surface area contributed by atoms with Crippen LogP contribution < -0.4 is 5.32 Å². The van der Waals surface area contributed by atoms with Crippen LogP contribution in [0.5, 0.6) is 0 Å². The fraction of sp³-hybridized carbons (Fsp3) is 0.533. The zero-order valence-corrected chi connectivity index (χ0v) is 13.0. The molecule has 2 aromatic rings. The summed E-state index contributed by atoms with van der Waals surface area (Å²) in [6.45, 7) is 1.56. The summed E-state index contributed by atoms with van der Waals surface area (Å²) in [6, 6.07) is 5.79. The molecule has 1 aromatic heterocycles. The molecule has 0 atom stereocenters. The molecule has 0 unspecified atom stereocenters. The van der Waals surface area contributed by atoms with Crippen LogP contribution in [0.3, 0.4) is 0 Å². The third-order valence-electron chi connectivity index (χ3n) is 3.63. The fourth-order valence-electron chi connectivity index (χ4n) is 2.59. The first-order valence-electron chi connectivity index (χ1n) is 7.23. The number of halogens is 1. The van der Waals surface area contributed by atoms with Gasteiger partial charge in [-0.1, -0.05) is 42.2 Å². The van der Waals surface area contributed by atoms with Gasteiger partial charge >= 0.3 is 0 Å². The van der Waals surface area contributed by atoms with Crippen LogP contribution in [0.15, 0.2) is 18.2 Å². The van der Waals surface area contributed by atoms with Gasteiger partial charge in [0.1, 0.15) is 0 Å². The van der Waals surface area contributed by atoms with Gasteiger partial charge in [0.2, 0.25) is 0 Å². The van der Waals surface area contributed by atoms with E-state index < -0.39 is 0 Å². The molecule has 0 bridgehead atoms. The molecular weight excluding hydrogens is 292 g/mol. The van der Waals surface area contributed by atoms with E-state index in [1.807, 2.05) is 18.2 Å². The summed E-state index contributed by atoms with van der Waals surface area (Å²) in [5.74, 6) is 0. The highest BCUT2D eigenvalue weighted by molar-refractivity contribution is 7.22. The van der Waals surface area contributed by atoms with Crippen molar-refractivity contribution >= 4 is 38.3 Å². The van der Waals surface area contributed by atoms with Crippen molar-refractivity contribution in [2.45, 2.75) is 38.2 Å². The van der Waals surface area contributed by atoms with Crippen LogP contribution in [0, 0.1) is 0 Å². The van der Waals surface area contributed by atoms with E-state index in [1.54, 1.807) is 11.3 Å². The Labute approximate surface area is 128 Å². The van der Waals surface area contributed by atoms with E-state index in [4.69, 9.17) is 16.3 Å². The van der Waals surface area contributed by atoms with Gasteiger partial charge in [0.15, 0.2) is 5.13 Å². The van der Waals surface area contributed by atoms with Crippen molar-refractivity contribution in [3.05, 3.63) is 23.2 Å². The molecule has 3 rings (SSSR count). The minimum Gasteiger partial charge on any atom is -0.376 e. The molecule has 3 nitrogen and oxygen atoms in total. The number of ether oxygens (including phenoxy) is 1. The van der Waals surface area contributed by atoms with E-state index in [0.717, 1.165) is 33.5 Å². The summed E-state index contributed by atoms with van der Waals surface area (Å²) in [4.78, 5) is 4.53. The molecule has 0 aliphatic heterocycles. The van der Waals surface area contributed by atoms with E-state index in [-0.39, 0.29) is 0 Å². The number of benzene rings is 1. The molecule has 0 amide bonds. The van der Waals surface area contributed by atoms with E-state index >= 15 is 0 Å². The van der Waals surface area contributed by atoms with Crippen LogP contribution in [-0.2, 0) is 4.74 Å². The van der Waals surface area contributed by atoms with Crippen LogP contribution >= 0.6 is 22.9 Å². The Bertz CT molecular complexity index is 566. The second kappa shape index (κ2) is 6.74. The number of hydrogen-bond acceptors (Lipinski definition) is 4. The number of hydrogen-bond donors (Lipinski definition) is 1. The van der Waals surface area contributed by atoms with Crippen LogP contribution in [0.2, 0.25) is 5.02 Å². The second-order valence-electron chi connectivity index (χ2n) is 5.19. The van der Waals surface area contributed by atoms with Gasteiger partial charge in [-0.2, -0.15) is 0 Å². The minimum absolute atomic E-state index is 0.472. The first-order chi connectivity index (χ1) is 9.81. The molecule has 108 valence electrons. The lowest BCUT2D eigenvalue weighted by molar-refractivity contribution is 0.0347. The van der Waals surface area contributed by atoms with Crippen molar-refractivity contribution in [3.63, 3.8) is 0 Å². The lowest BCUT2D eigenvalue weighted by atomic mass is 9.98. The maximum Gasteiger partial charge on any atom is 0.183 e. The minimum atomic E-state index is 0.472. The van der Waals surface area contributed by atoms with E-state index in [0.29, 0.717) is 6.10 Å². The quantitative estimate of drug-likeness (QED) is 0.812. The number of fused-ring (bicyclic) bond motifs is 1. The Morgan fingerprint density at radius 3 is 3.00 bits per heavy atom. The molecule has 1 aromatic carbocycles. The van der Waals surface area contributed by atoms with Gasteiger partial charge in [0, 0.05) is 11.6 Å². The molecule has 20 heavy (non-hydrogen) atoms. The van der Waals surface area contributed by atoms with Gasteiger partial charge in [0.05, 0.1) is 22.9 Å². The number of nitrogens with one attached hydrogen (secondary N) is 1.